The van der Waals surface area contributed by atoms with Crippen LogP contribution in [0.25, 0.3) is 21.8 Å². The summed E-state index contributed by atoms with van der Waals surface area (Å²) in [6.45, 7) is 1.25. The van der Waals surface area contributed by atoms with Crippen LogP contribution < -0.4 is 0 Å². The largest absolute Gasteiger partial charge is 0.468 e. The molecule has 0 amide bonds. The van der Waals surface area contributed by atoms with Gasteiger partial charge in [-0.3, -0.25) is 19.7 Å². The highest BCUT2D eigenvalue weighted by Crippen LogP contribution is 2.16. The normalized spacial score (nSPS) is 11.2. The van der Waals surface area contributed by atoms with E-state index in [-0.39, 0.29) is 12.5 Å². The summed E-state index contributed by atoms with van der Waals surface area (Å²) >= 11 is 0. The second-order valence-electron chi connectivity index (χ2n) is 6.71. The fraction of sp³-hybridized carbons (Fsp3) is 0.174. The molecule has 2 aromatic carbocycles. The van der Waals surface area contributed by atoms with Gasteiger partial charge in [0.15, 0.2) is 0 Å². The number of benzene rings is 2. The molecule has 5 nitrogen and oxygen atoms in total. The van der Waals surface area contributed by atoms with Crippen molar-refractivity contribution in [3.8, 4) is 0 Å². The highest BCUT2D eigenvalue weighted by molar-refractivity contribution is 5.79. The predicted octanol–water partition coefficient (Wildman–Crippen LogP) is 3.96. The number of hydrogen-bond acceptors (Lipinski definition) is 5. The van der Waals surface area contributed by atoms with Gasteiger partial charge in [-0.1, -0.05) is 48.5 Å². The van der Waals surface area contributed by atoms with Gasteiger partial charge in [-0.15, -0.1) is 0 Å². The number of hydrogen-bond donors (Lipinski definition) is 0. The molecule has 4 rings (SSSR count). The van der Waals surface area contributed by atoms with Crippen LogP contribution in [0.15, 0.2) is 72.8 Å². The standard InChI is InChI=1S/C23H21N3O2/c1-28-23(27)16-26(14-19-12-10-17-6-2-4-8-21(17)24-19)15-20-13-11-18-7-3-5-9-22(18)25-20/h2-13H,14-16H2,1H3. The fourth-order valence-corrected chi connectivity index (χ4v) is 3.27. The second kappa shape index (κ2) is 8.15. The molecular weight excluding hydrogens is 350 g/mol. The molecule has 2 heterocycles. The van der Waals surface area contributed by atoms with Gasteiger partial charge in [-0.25, -0.2) is 0 Å². The molecule has 0 radical (unpaired) electrons. The number of nitrogens with zero attached hydrogens (tertiary/aromatic N) is 3. The quantitative estimate of drug-likeness (QED) is 0.480. The number of methoxy groups -OCH3 is 1. The average Bonchev–Trinajstić information content (AvgIpc) is 2.73. The van der Waals surface area contributed by atoms with Gasteiger partial charge < -0.3 is 4.74 Å². The third-order valence-corrected chi connectivity index (χ3v) is 4.66. The first-order valence-corrected chi connectivity index (χ1v) is 9.20. The first kappa shape index (κ1) is 18.1. The van der Waals surface area contributed by atoms with Crippen molar-refractivity contribution in [3.63, 3.8) is 0 Å². The SMILES string of the molecule is COC(=O)CN(Cc1ccc2ccccc2n1)Cc1ccc2ccccc2n1. The molecule has 28 heavy (non-hydrogen) atoms. The van der Waals surface area contributed by atoms with Crippen molar-refractivity contribution in [2.45, 2.75) is 13.1 Å². The zero-order chi connectivity index (χ0) is 19.3. The highest BCUT2D eigenvalue weighted by Gasteiger charge is 2.14. The number of fused-ring (bicyclic) bond motifs is 2. The van der Waals surface area contributed by atoms with Crippen LogP contribution in [0.1, 0.15) is 11.4 Å². The lowest BCUT2D eigenvalue weighted by molar-refractivity contribution is -0.142. The monoisotopic (exact) mass is 371 g/mol. The molecule has 0 unspecified atom stereocenters. The first-order chi connectivity index (χ1) is 13.7. The van der Waals surface area contributed by atoms with E-state index in [1.807, 2.05) is 65.6 Å². The Labute approximate surface area is 163 Å². The minimum Gasteiger partial charge on any atom is -0.468 e. The van der Waals surface area contributed by atoms with Gasteiger partial charge in [-0.05, 0) is 24.3 Å². The van der Waals surface area contributed by atoms with Crippen LogP contribution in [0.2, 0.25) is 0 Å². The number of carbonyl (C=O) groups is 1. The van der Waals surface area contributed by atoms with Gasteiger partial charge in [-0.2, -0.15) is 0 Å². The molecule has 0 N–H and O–H groups in total. The molecule has 0 aliphatic rings. The van der Waals surface area contributed by atoms with E-state index in [9.17, 15) is 4.79 Å². The van der Waals surface area contributed by atoms with Crippen molar-refractivity contribution in [2.24, 2.45) is 0 Å². The zero-order valence-electron chi connectivity index (χ0n) is 15.7. The Morgan fingerprint density at radius 2 is 1.29 bits per heavy atom. The highest BCUT2D eigenvalue weighted by atomic mass is 16.5. The van der Waals surface area contributed by atoms with E-state index in [1.165, 1.54) is 7.11 Å². The molecule has 5 heteroatoms. The van der Waals surface area contributed by atoms with Crippen LogP contribution in [0.4, 0.5) is 0 Å². The van der Waals surface area contributed by atoms with Crippen LogP contribution in [-0.4, -0.2) is 34.5 Å². The topological polar surface area (TPSA) is 55.3 Å². The Bertz CT molecular complexity index is 1050. The third-order valence-electron chi connectivity index (χ3n) is 4.66. The maximum absolute atomic E-state index is 11.9. The number of ether oxygens (including phenoxy) is 1. The van der Waals surface area contributed by atoms with Crippen LogP contribution in [0.3, 0.4) is 0 Å². The molecule has 140 valence electrons. The van der Waals surface area contributed by atoms with Crippen molar-refractivity contribution in [1.82, 2.24) is 14.9 Å². The van der Waals surface area contributed by atoms with Crippen LogP contribution in [0, 0.1) is 0 Å². The summed E-state index contributed by atoms with van der Waals surface area (Å²) in [6, 6.07) is 24.1. The number of carbonyl (C=O) groups excluding carboxylic acids is 1. The number of pyridine rings is 2. The summed E-state index contributed by atoms with van der Waals surface area (Å²) in [6.07, 6.45) is 0. The fourth-order valence-electron chi connectivity index (χ4n) is 3.27. The van der Waals surface area contributed by atoms with Crippen molar-refractivity contribution in [3.05, 3.63) is 84.2 Å². The molecule has 0 bridgehead atoms. The molecule has 0 saturated carbocycles. The molecule has 4 aromatic rings. The summed E-state index contributed by atoms with van der Waals surface area (Å²) < 4.78 is 4.88. The third kappa shape index (κ3) is 4.15. The Morgan fingerprint density at radius 3 is 1.79 bits per heavy atom. The van der Waals surface area contributed by atoms with E-state index in [2.05, 4.69) is 12.1 Å². The number of para-hydroxylation sites is 2. The van der Waals surface area contributed by atoms with E-state index >= 15 is 0 Å². The first-order valence-electron chi connectivity index (χ1n) is 9.20. The Hall–Kier alpha value is -3.31. The number of esters is 1. The van der Waals surface area contributed by atoms with Gasteiger partial charge in [0.1, 0.15) is 0 Å². The summed E-state index contributed by atoms with van der Waals surface area (Å²) in [7, 11) is 1.41. The lowest BCUT2D eigenvalue weighted by Crippen LogP contribution is -2.30. The van der Waals surface area contributed by atoms with Crippen molar-refractivity contribution < 1.29 is 9.53 Å². The molecule has 0 aliphatic carbocycles. The predicted molar refractivity (Wildman–Crippen MR) is 110 cm³/mol. The zero-order valence-corrected chi connectivity index (χ0v) is 15.7. The minimum atomic E-state index is -0.276. The molecular formula is C23H21N3O2. The van der Waals surface area contributed by atoms with Crippen molar-refractivity contribution >= 4 is 27.8 Å². The van der Waals surface area contributed by atoms with Crippen molar-refractivity contribution in [2.75, 3.05) is 13.7 Å². The van der Waals surface area contributed by atoms with E-state index in [0.717, 1.165) is 33.2 Å². The van der Waals surface area contributed by atoms with Crippen LogP contribution in [0.5, 0.6) is 0 Å². The Kier molecular flexibility index (Phi) is 5.26. The van der Waals surface area contributed by atoms with Crippen LogP contribution in [-0.2, 0) is 22.6 Å². The Morgan fingerprint density at radius 1 is 0.786 bits per heavy atom. The van der Waals surface area contributed by atoms with E-state index in [0.29, 0.717) is 13.1 Å². The van der Waals surface area contributed by atoms with Gasteiger partial charge in [0.25, 0.3) is 0 Å². The smallest absolute Gasteiger partial charge is 0.319 e. The second-order valence-corrected chi connectivity index (χ2v) is 6.71. The molecule has 0 saturated heterocycles. The lowest BCUT2D eigenvalue weighted by atomic mass is 10.2. The molecule has 0 spiro atoms. The van der Waals surface area contributed by atoms with Gasteiger partial charge in [0.2, 0.25) is 0 Å². The summed E-state index contributed by atoms with van der Waals surface area (Å²) in [5.74, 6) is -0.276. The number of aromatic nitrogens is 2. The minimum absolute atomic E-state index is 0.180. The van der Waals surface area contributed by atoms with Crippen LogP contribution >= 0.6 is 0 Å². The summed E-state index contributed by atoms with van der Waals surface area (Å²) in [5, 5.41) is 2.20. The van der Waals surface area contributed by atoms with E-state index < -0.39 is 0 Å². The van der Waals surface area contributed by atoms with E-state index in [4.69, 9.17) is 14.7 Å². The molecule has 2 aromatic heterocycles. The summed E-state index contributed by atoms with van der Waals surface area (Å²) in [5.41, 5.74) is 3.70. The Balaban J connectivity index is 1.58. The van der Waals surface area contributed by atoms with Gasteiger partial charge >= 0.3 is 5.97 Å². The van der Waals surface area contributed by atoms with Gasteiger partial charge in [0, 0.05) is 23.9 Å². The van der Waals surface area contributed by atoms with E-state index in [1.54, 1.807) is 0 Å². The average molecular weight is 371 g/mol. The summed E-state index contributed by atoms with van der Waals surface area (Å²) in [4.78, 5) is 23.4. The molecule has 0 aliphatic heterocycles. The number of rotatable bonds is 6. The van der Waals surface area contributed by atoms with Gasteiger partial charge in [0.05, 0.1) is 36.1 Å². The maximum atomic E-state index is 11.9. The molecule has 0 atom stereocenters. The molecule has 0 fully saturated rings. The van der Waals surface area contributed by atoms with Crippen molar-refractivity contribution in [1.29, 1.82) is 0 Å². The maximum Gasteiger partial charge on any atom is 0.319 e. The lowest BCUT2D eigenvalue weighted by Gasteiger charge is -2.20.